The summed E-state index contributed by atoms with van der Waals surface area (Å²) in [5.41, 5.74) is 6.57. The highest BCUT2D eigenvalue weighted by Crippen LogP contribution is 2.37. The van der Waals surface area contributed by atoms with Crippen LogP contribution in [0.15, 0.2) is 0 Å². The summed E-state index contributed by atoms with van der Waals surface area (Å²) in [7, 11) is 1.98. The Hall–Kier alpha value is -0.570. The monoisotopic (exact) mass is 266 g/mol. The fourth-order valence-corrected chi connectivity index (χ4v) is 3.66. The van der Waals surface area contributed by atoms with E-state index in [9.17, 15) is 4.79 Å². The van der Waals surface area contributed by atoms with E-state index in [2.05, 4.69) is 13.8 Å². The minimum Gasteiger partial charge on any atom is -0.343 e. The number of nitrogens with zero attached hydrogens (tertiary/aromatic N) is 1. The summed E-state index contributed by atoms with van der Waals surface area (Å²) in [4.78, 5) is 14.4. The zero-order valence-corrected chi connectivity index (χ0v) is 12.9. The maximum Gasteiger partial charge on any atom is 0.224 e. The Balaban J connectivity index is 1.85. The summed E-state index contributed by atoms with van der Waals surface area (Å²) in [6.45, 7) is 4.66. The van der Waals surface area contributed by atoms with Gasteiger partial charge in [0, 0.05) is 25.0 Å². The Kier molecular flexibility index (Phi) is 4.24. The highest BCUT2D eigenvalue weighted by atomic mass is 16.2. The quantitative estimate of drug-likeness (QED) is 0.853. The molecule has 0 saturated heterocycles. The molecule has 1 amide bonds. The third-order valence-electron chi connectivity index (χ3n) is 5.35. The third-order valence-corrected chi connectivity index (χ3v) is 5.35. The molecule has 0 unspecified atom stereocenters. The van der Waals surface area contributed by atoms with Gasteiger partial charge in [0.05, 0.1) is 0 Å². The van der Waals surface area contributed by atoms with Crippen molar-refractivity contribution in [2.24, 2.45) is 11.1 Å². The molecule has 0 radical (unpaired) electrons. The largest absolute Gasteiger partial charge is 0.343 e. The van der Waals surface area contributed by atoms with Crippen LogP contribution in [0.3, 0.4) is 0 Å². The van der Waals surface area contributed by atoms with Crippen molar-refractivity contribution in [2.75, 3.05) is 7.05 Å². The molecule has 2 fully saturated rings. The zero-order valence-electron chi connectivity index (χ0n) is 12.9. The van der Waals surface area contributed by atoms with Gasteiger partial charge in [-0.2, -0.15) is 0 Å². The maximum atomic E-state index is 12.4. The fraction of sp³-hybridized carbons (Fsp3) is 0.938. The molecule has 0 heterocycles. The molecule has 0 aliphatic heterocycles. The van der Waals surface area contributed by atoms with E-state index in [1.165, 1.54) is 25.7 Å². The predicted octanol–water partition coefficient (Wildman–Crippen LogP) is 3.08. The first-order valence-electron chi connectivity index (χ1n) is 7.86. The molecule has 2 rings (SSSR count). The van der Waals surface area contributed by atoms with E-state index < -0.39 is 0 Å². The number of carbonyl (C=O) groups excluding carboxylic acids is 1. The standard InChI is InChI=1S/C16H30N2O/c1-15(2)10-6-13(7-11-15)18(3)14(19)12-16(17)8-4-5-9-16/h13H,4-12,17H2,1-3H3. The minimum atomic E-state index is -0.209. The average Bonchev–Trinajstić information content (AvgIpc) is 2.75. The maximum absolute atomic E-state index is 12.4. The molecule has 0 spiro atoms. The molecule has 0 atom stereocenters. The summed E-state index contributed by atoms with van der Waals surface area (Å²) in [5, 5.41) is 0. The third kappa shape index (κ3) is 3.71. The first kappa shape index (κ1) is 14.8. The first-order valence-corrected chi connectivity index (χ1v) is 7.86. The van der Waals surface area contributed by atoms with Gasteiger partial charge in [0.2, 0.25) is 5.91 Å². The number of nitrogens with two attached hydrogens (primary N) is 1. The van der Waals surface area contributed by atoms with Crippen molar-refractivity contribution in [3.63, 3.8) is 0 Å². The van der Waals surface area contributed by atoms with E-state index in [1.54, 1.807) is 0 Å². The van der Waals surface area contributed by atoms with Crippen LogP contribution in [-0.2, 0) is 4.79 Å². The van der Waals surface area contributed by atoms with E-state index >= 15 is 0 Å². The van der Waals surface area contributed by atoms with Crippen molar-refractivity contribution in [1.82, 2.24) is 4.90 Å². The molecular weight excluding hydrogens is 236 g/mol. The fourth-order valence-electron chi connectivity index (χ4n) is 3.66. The van der Waals surface area contributed by atoms with Gasteiger partial charge in [-0.1, -0.05) is 26.7 Å². The Morgan fingerprint density at radius 2 is 1.68 bits per heavy atom. The number of carbonyl (C=O) groups is 1. The highest BCUT2D eigenvalue weighted by Gasteiger charge is 2.35. The second-order valence-corrected chi connectivity index (χ2v) is 7.65. The molecular formula is C16H30N2O. The molecule has 2 aliphatic rings. The van der Waals surface area contributed by atoms with Gasteiger partial charge in [0.1, 0.15) is 0 Å². The van der Waals surface area contributed by atoms with Crippen LogP contribution in [-0.4, -0.2) is 29.4 Å². The van der Waals surface area contributed by atoms with Gasteiger partial charge in [-0.05, 0) is 43.9 Å². The van der Waals surface area contributed by atoms with Crippen LogP contribution in [0, 0.1) is 5.41 Å². The predicted molar refractivity (Wildman–Crippen MR) is 78.8 cm³/mol. The molecule has 2 saturated carbocycles. The average molecular weight is 266 g/mol. The van der Waals surface area contributed by atoms with Crippen molar-refractivity contribution in [3.05, 3.63) is 0 Å². The van der Waals surface area contributed by atoms with Gasteiger partial charge in [-0.25, -0.2) is 0 Å². The van der Waals surface area contributed by atoms with Crippen LogP contribution < -0.4 is 5.73 Å². The van der Waals surface area contributed by atoms with Crippen molar-refractivity contribution in [2.45, 2.75) is 83.2 Å². The summed E-state index contributed by atoms with van der Waals surface area (Å²) in [5.74, 6) is 0.258. The van der Waals surface area contributed by atoms with E-state index in [-0.39, 0.29) is 11.4 Å². The lowest BCUT2D eigenvalue weighted by atomic mass is 9.75. The SMILES string of the molecule is CN(C(=O)CC1(N)CCCC1)C1CCC(C)(C)CC1. The lowest BCUT2D eigenvalue weighted by molar-refractivity contribution is -0.134. The van der Waals surface area contributed by atoms with Crippen LogP contribution >= 0.6 is 0 Å². The molecule has 3 heteroatoms. The van der Waals surface area contributed by atoms with E-state index in [0.717, 1.165) is 25.7 Å². The van der Waals surface area contributed by atoms with Crippen LogP contribution in [0.4, 0.5) is 0 Å². The Morgan fingerprint density at radius 3 is 2.21 bits per heavy atom. The Bertz CT molecular complexity index is 322. The molecule has 19 heavy (non-hydrogen) atoms. The van der Waals surface area contributed by atoms with Crippen LogP contribution in [0.25, 0.3) is 0 Å². The van der Waals surface area contributed by atoms with Crippen molar-refractivity contribution in [3.8, 4) is 0 Å². The summed E-state index contributed by atoms with van der Waals surface area (Å²) in [6.07, 6.45) is 9.69. The van der Waals surface area contributed by atoms with Crippen LogP contribution in [0.1, 0.15) is 71.6 Å². The summed E-state index contributed by atoms with van der Waals surface area (Å²) in [6, 6.07) is 0.436. The molecule has 2 aliphatic carbocycles. The van der Waals surface area contributed by atoms with E-state index in [1.807, 2.05) is 11.9 Å². The highest BCUT2D eigenvalue weighted by molar-refractivity contribution is 5.77. The number of rotatable bonds is 3. The molecule has 0 aromatic rings. The number of hydrogen-bond acceptors (Lipinski definition) is 2. The molecule has 110 valence electrons. The molecule has 2 N–H and O–H groups in total. The zero-order chi connectivity index (χ0) is 14.1. The molecule has 0 aromatic heterocycles. The van der Waals surface area contributed by atoms with E-state index in [4.69, 9.17) is 5.73 Å². The van der Waals surface area contributed by atoms with Gasteiger partial charge in [-0.3, -0.25) is 4.79 Å². The minimum absolute atomic E-state index is 0.209. The van der Waals surface area contributed by atoms with Crippen molar-refractivity contribution in [1.29, 1.82) is 0 Å². The van der Waals surface area contributed by atoms with Gasteiger partial charge in [-0.15, -0.1) is 0 Å². The van der Waals surface area contributed by atoms with Crippen molar-refractivity contribution >= 4 is 5.91 Å². The second kappa shape index (κ2) is 5.43. The molecule has 0 aromatic carbocycles. The van der Waals surface area contributed by atoms with Crippen LogP contribution in [0.5, 0.6) is 0 Å². The first-order chi connectivity index (χ1) is 8.81. The normalized spacial score (nSPS) is 26.3. The van der Waals surface area contributed by atoms with Gasteiger partial charge in [0.25, 0.3) is 0 Å². The van der Waals surface area contributed by atoms with Crippen molar-refractivity contribution < 1.29 is 4.79 Å². The summed E-state index contributed by atoms with van der Waals surface area (Å²) < 4.78 is 0. The number of hydrogen-bond donors (Lipinski definition) is 1. The van der Waals surface area contributed by atoms with Gasteiger partial charge < -0.3 is 10.6 Å². The molecule has 3 nitrogen and oxygen atoms in total. The summed E-state index contributed by atoms with van der Waals surface area (Å²) >= 11 is 0. The van der Waals surface area contributed by atoms with E-state index in [0.29, 0.717) is 17.9 Å². The number of amides is 1. The lowest BCUT2D eigenvalue weighted by Crippen LogP contribution is -2.46. The van der Waals surface area contributed by atoms with Gasteiger partial charge >= 0.3 is 0 Å². The smallest absolute Gasteiger partial charge is 0.224 e. The molecule has 0 bridgehead atoms. The topological polar surface area (TPSA) is 46.3 Å². The lowest BCUT2D eigenvalue weighted by Gasteiger charge is -2.39. The Morgan fingerprint density at radius 1 is 1.16 bits per heavy atom. The van der Waals surface area contributed by atoms with Crippen LogP contribution in [0.2, 0.25) is 0 Å². The Labute approximate surface area is 117 Å². The second-order valence-electron chi connectivity index (χ2n) is 7.65. The van der Waals surface area contributed by atoms with Gasteiger partial charge in [0.15, 0.2) is 0 Å².